The van der Waals surface area contributed by atoms with E-state index in [1.54, 1.807) is 11.3 Å². The molecule has 2 rings (SSSR count). The van der Waals surface area contributed by atoms with Crippen molar-refractivity contribution in [2.45, 2.75) is 39.7 Å². The Kier molecular flexibility index (Phi) is 7.05. The van der Waals surface area contributed by atoms with Crippen LogP contribution < -0.4 is 5.32 Å². The summed E-state index contributed by atoms with van der Waals surface area (Å²) >= 11 is 1.78. The molecule has 5 nitrogen and oxygen atoms in total. The van der Waals surface area contributed by atoms with Crippen molar-refractivity contribution in [3.63, 3.8) is 0 Å². The fourth-order valence-electron chi connectivity index (χ4n) is 2.81. The third-order valence-corrected chi connectivity index (χ3v) is 5.02. The number of hydrogen-bond donors (Lipinski definition) is 1. The van der Waals surface area contributed by atoms with Gasteiger partial charge >= 0.3 is 0 Å². The lowest BCUT2D eigenvalue weighted by Gasteiger charge is -2.29. The molecule has 0 aliphatic carbocycles. The third-order valence-electron chi connectivity index (χ3n) is 4.00. The lowest BCUT2D eigenvalue weighted by Crippen LogP contribution is -2.45. The van der Waals surface area contributed by atoms with Gasteiger partial charge in [0.25, 0.3) is 0 Å². The molecule has 0 unspecified atom stereocenters. The number of fused-ring (bicyclic) bond motifs is 1. The Labute approximate surface area is 142 Å². The fourth-order valence-corrected chi connectivity index (χ4v) is 3.70. The van der Waals surface area contributed by atoms with Crippen molar-refractivity contribution in [1.82, 2.24) is 15.1 Å². The highest BCUT2D eigenvalue weighted by Gasteiger charge is 2.23. The molecule has 0 saturated carbocycles. The second-order valence-electron chi connectivity index (χ2n) is 5.99. The number of amides is 2. The third kappa shape index (κ3) is 5.32. The maximum absolute atomic E-state index is 12.6. The summed E-state index contributed by atoms with van der Waals surface area (Å²) in [7, 11) is 0. The van der Waals surface area contributed by atoms with E-state index in [0.29, 0.717) is 26.2 Å². The lowest BCUT2D eigenvalue weighted by atomic mass is 10.1. The Morgan fingerprint density at radius 1 is 1.30 bits per heavy atom. The van der Waals surface area contributed by atoms with Gasteiger partial charge in [-0.3, -0.25) is 14.5 Å². The minimum atomic E-state index is 0.00636. The highest BCUT2D eigenvalue weighted by atomic mass is 32.1. The zero-order valence-corrected chi connectivity index (χ0v) is 15.0. The van der Waals surface area contributed by atoms with Gasteiger partial charge in [-0.15, -0.1) is 11.3 Å². The predicted octanol–water partition coefficient (Wildman–Crippen LogP) is 1.87. The molecule has 128 valence electrons. The van der Waals surface area contributed by atoms with Gasteiger partial charge in [0.1, 0.15) is 0 Å². The molecule has 1 N–H and O–H groups in total. The quantitative estimate of drug-likeness (QED) is 0.788. The molecular weight excluding hydrogens is 310 g/mol. The van der Waals surface area contributed by atoms with Gasteiger partial charge in [-0.05, 0) is 42.8 Å². The minimum Gasteiger partial charge on any atom is -0.355 e. The second-order valence-corrected chi connectivity index (χ2v) is 7.00. The lowest BCUT2D eigenvalue weighted by molar-refractivity contribution is -0.134. The summed E-state index contributed by atoms with van der Waals surface area (Å²) < 4.78 is 0. The first-order valence-corrected chi connectivity index (χ1v) is 9.34. The van der Waals surface area contributed by atoms with Crippen molar-refractivity contribution in [2.24, 2.45) is 0 Å². The number of thiophene rings is 1. The highest BCUT2D eigenvalue weighted by Crippen LogP contribution is 2.24. The average molecular weight is 337 g/mol. The van der Waals surface area contributed by atoms with E-state index in [4.69, 9.17) is 0 Å². The topological polar surface area (TPSA) is 52.7 Å². The van der Waals surface area contributed by atoms with Crippen LogP contribution >= 0.6 is 11.3 Å². The van der Waals surface area contributed by atoms with Gasteiger partial charge < -0.3 is 10.2 Å². The van der Waals surface area contributed by atoms with E-state index in [9.17, 15) is 9.59 Å². The van der Waals surface area contributed by atoms with Crippen molar-refractivity contribution >= 4 is 23.2 Å². The Morgan fingerprint density at radius 3 is 2.87 bits per heavy atom. The minimum absolute atomic E-state index is 0.00636. The van der Waals surface area contributed by atoms with E-state index in [2.05, 4.69) is 23.7 Å². The van der Waals surface area contributed by atoms with E-state index in [0.717, 1.165) is 32.4 Å². The molecule has 0 radical (unpaired) electrons. The molecule has 0 atom stereocenters. The van der Waals surface area contributed by atoms with Crippen LogP contribution in [0.3, 0.4) is 0 Å². The Bertz CT molecular complexity index is 530. The Balaban J connectivity index is 1.86. The molecule has 1 aliphatic heterocycles. The molecular formula is C17H27N3O2S. The molecule has 0 spiro atoms. The molecule has 0 saturated heterocycles. The maximum Gasteiger partial charge on any atom is 0.237 e. The largest absolute Gasteiger partial charge is 0.355 e. The van der Waals surface area contributed by atoms with E-state index < -0.39 is 0 Å². The number of carbonyl (C=O) groups excluding carboxylic acids is 2. The fraction of sp³-hybridized carbons (Fsp3) is 0.647. The van der Waals surface area contributed by atoms with E-state index in [1.165, 1.54) is 10.4 Å². The van der Waals surface area contributed by atoms with Crippen LogP contribution in [0.15, 0.2) is 11.4 Å². The second kappa shape index (κ2) is 9.03. The van der Waals surface area contributed by atoms with Gasteiger partial charge in [0.15, 0.2) is 0 Å². The van der Waals surface area contributed by atoms with Crippen LogP contribution in [0.1, 0.15) is 37.1 Å². The number of hydrogen-bond acceptors (Lipinski definition) is 4. The van der Waals surface area contributed by atoms with Crippen LogP contribution in [-0.4, -0.2) is 54.3 Å². The normalized spacial score (nSPS) is 14.0. The van der Waals surface area contributed by atoms with E-state index in [1.807, 2.05) is 16.7 Å². The first-order chi connectivity index (χ1) is 11.1. The molecule has 23 heavy (non-hydrogen) atoms. The van der Waals surface area contributed by atoms with Gasteiger partial charge in [-0.1, -0.05) is 13.8 Å². The molecule has 0 fully saturated rings. The number of nitrogens with zero attached hydrogens (tertiary/aromatic N) is 2. The molecule has 0 bridgehead atoms. The van der Waals surface area contributed by atoms with Gasteiger partial charge in [-0.2, -0.15) is 0 Å². The summed E-state index contributed by atoms with van der Waals surface area (Å²) in [6.07, 6.45) is 2.81. The monoisotopic (exact) mass is 337 g/mol. The molecule has 1 aromatic rings. The van der Waals surface area contributed by atoms with Gasteiger partial charge in [-0.25, -0.2) is 0 Å². The summed E-state index contributed by atoms with van der Waals surface area (Å²) in [5.41, 5.74) is 1.28. The molecule has 1 aromatic heterocycles. The smallest absolute Gasteiger partial charge is 0.237 e. The highest BCUT2D eigenvalue weighted by molar-refractivity contribution is 7.10. The Hall–Kier alpha value is -1.40. The number of carbonyl (C=O) groups is 2. The van der Waals surface area contributed by atoms with E-state index >= 15 is 0 Å². The van der Waals surface area contributed by atoms with Crippen molar-refractivity contribution < 1.29 is 9.59 Å². The van der Waals surface area contributed by atoms with Crippen LogP contribution in [0.5, 0.6) is 0 Å². The average Bonchev–Trinajstić information content (AvgIpc) is 3.00. The van der Waals surface area contributed by atoms with Gasteiger partial charge in [0, 0.05) is 24.5 Å². The Morgan fingerprint density at radius 2 is 2.13 bits per heavy atom. The maximum atomic E-state index is 12.6. The molecule has 2 heterocycles. The van der Waals surface area contributed by atoms with Crippen LogP contribution in [0.4, 0.5) is 0 Å². The molecule has 0 aromatic carbocycles. The summed E-state index contributed by atoms with van der Waals surface area (Å²) in [5.74, 6) is 0.130. The SMILES string of the molecule is CCCNC(=O)CN(CCC)CC(=O)N1CCc2sccc2C1. The summed E-state index contributed by atoms with van der Waals surface area (Å²) in [6.45, 7) is 7.68. The van der Waals surface area contributed by atoms with Gasteiger partial charge in [0.2, 0.25) is 11.8 Å². The van der Waals surface area contributed by atoms with Crippen molar-refractivity contribution in [3.05, 3.63) is 21.9 Å². The van der Waals surface area contributed by atoms with Crippen LogP contribution in [0.2, 0.25) is 0 Å². The van der Waals surface area contributed by atoms with Gasteiger partial charge in [0.05, 0.1) is 13.1 Å². The van der Waals surface area contributed by atoms with Crippen molar-refractivity contribution in [1.29, 1.82) is 0 Å². The molecule has 1 aliphatic rings. The zero-order valence-electron chi connectivity index (χ0n) is 14.1. The van der Waals surface area contributed by atoms with Crippen molar-refractivity contribution in [2.75, 3.05) is 32.7 Å². The van der Waals surface area contributed by atoms with Crippen LogP contribution in [-0.2, 0) is 22.6 Å². The molecule has 2 amide bonds. The summed E-state index contributed by atoms with van der Waals surface area (Å²) in [5, 5.41) is 4.98. The summed E-state index contributed by atoms with van der Waals surface area (Å²) in [4.78, 5) is 29.7. The molecule has 6 heteroatoms. The number of rotatable bonds is 8. The number of nitrogens with one attached hydrogen (secondary N) is 1. The van der Waals surface area contributed by atoms with Crippen LogP contribution in [0.25, 0.3) is 0 Å². The zero-order chi connectivity index (χ0) is 16.7. The van der Waals surface area contributed by atoms with Crippen molar-refractivity contribution in [3.8, 4) is 0 Å². The first-order valence-electron chi connectivity index (χ1n) is 8.46. The van der Waals surface area contributed by atoms with Crippen LogP contribution in [0, 0.1) is 0 Å². The van der Waals surface area contributed by atoms with E-state index in [-0.39, 0.29) is 11.8 Å². The summed E-state index contributed by atoms with van der Waals surface area (Å²) in [6, 6.07) is 2.11. The predicted molar refractivity (Wildman–Crippen MR) is 93.5 cm³/mol. The first kappa shape index (κ1) is 17.9. The standard InChI is InChI=1S/C17H27N3O2S/c1-3-7-18-16(21)12-19(8-4-2)13-17(22)20-9-5-15-14(11-20)6-10-23-15/h6,10H,3-5,7-9,11-13H2,1-2H3,(H,18,21).